The maximum Gasteiger partial charge on any atom is 0.311 e. The van der Waals surface area contributed by atoms with Crippen molar-refractivity contribution < 1.29 is 19.7 Å². The molecule has 1 fully saturated rings. The molecule has 5 heteroatoms. The second kappa shape index (κ2) is 4.55. The Morgan fingerprint density at radius 1 is 1.69 bits per heavy atom. The molecule has 1 aliphatic heterocycles. The summed E-state index contributed by atoms with van der Waals surface area (Å²) < 4.78 is 4.54. The molecule has 1 radical (unpaired) electrons. The molecular weight excluding hydrogens is 174 g/mol. The predicted octanol–water partition coefficient (Wildman–Crippen LogP) is -1.12. The van der Waals surface area contributed by atoms with Crippen molar-refractivity contribution in [3.05, 3.63) is 0 Å². The molecule has 5 nitrogen and oxygen atoms in total. The second-order valence-electron chi connectivity index (χ2n) is 3.26. The molecule has 0 saturated carbocycles. The number of hydrogen-bond donors (Lipinski definition) is 1. The number of ether oxygens (including phenoxy) is 1. The van der Waals surface area contributed by atoms with E-state index in [0.717, 1.165) is 0 Å². The number of carbonyl (C=O) groups excluding carboxylic acids is 1. The Morgan fingerprint density at radius 3 is 2.77 bits per heavy atom. The molecule has 0 aromatic rings. The van der Waals surface area contributed by atoms with Gasteiger partial charge < -0.3 is 9.84 Å². The summed E-state index contributed by atoms with van der Waals surface area (Å²) in [7, 11) is 1.36. The zero-order chi connectivity index (χ0) is 9.84. The molecule has 13 heavy (non-hydrogen) atoms. The van der Waals surface area contributed by atoms with Crippen molar-refractivity contribution in [3.8, 4) is 0 Å². The summed E-state index contributed by atoms with van der Waals surface area (Å²) in [6.07, 6.45) is -0.821. The van der Waals surface area contributed by atoms with Gasteiger partial charge in [0.05, 0.1) is 19.1 Å². The summed E-state index contributed by atoms with van der Waals surface area (Å²) in [5.41, 5.74) is 0. The molecule has 0 aliphatic carbocycles. The molecule has 1 heterocycles. The van der Waals surface area contributed by atoms with E-state index >= 15 is 0 Å². The first kappa shape index (κ1) is 10.4. The Morgan fingerprint density at radius 2 is 2.31 bits per heavy atom. The van der Waals surface area contributed by atoms with Gasteiger partial charge >= 0.3 is 5.97 Å². The van der Waals surface area contributed by atoms with Crippen LogP contribution in [0.1, 0.15) is 0 Å². The summed E-state index contributed by atoms with van der Waals surface area (Å²) in [5, 5.41) is 19.2. The number of aliphatic hydroxyl groups is 1. The third-order valence-electron chi connectivity index (χ3n) is 2.15. The minimum absolute atomic E-state index is 0.0798. The second-order valence-corrected chi connectivity index (χ2v) is 3.26. The van der Waals surface area contributed by atoms with E-state index in [1.54, 1.807) is 0 Å². The fraction of sp³-hybridized carbons (Fsp3) is 0.875. The molecule has 1 unspecified atom stereocenters. The molecule has 1 aliphatic rings. The monoisotopic (exact) mass is 188 g/mol. The normalized spacial score (nSPS) is 20.8. The third kappa shape index (κ3) is 2.65. The van der Waals surface area contributed by atoms with Crippen molar-refractivity contribution in [1.82, 2.24) is 4.90 Å². The van der Waals surface area contributed by atoms with E-state index in [4.69, 9.17) is 5.11 Å². The minimum Gasteiger partial charge on any atom is -0.469 e. The van der Waals surface area contributed by atoms with E-state index in [0.29, 0.717) is 19.6 Å². The van der Waals surface area contributed by atoms with E-state index in [2.05, 4.69) is 4.74 Å². The standard InChI is InChI=1S/C8H14NO4/c1-13-8(12)6-2-9(3-6)4-7(11)5-10/h6-7,11H,2-5H2,1H3. The molecular formula is C8H14NO4. The first-order chi connectivity index (χ1) is 6.17. The smallest absolute Gasteiger partial charge is 0.311 e. The van der Waals surface area contributed by atoms with E-state index in [1.807, 2.05) is 4.90 Å². The molecule has 1 rings (SSSR count). The van der Waals surface area contributed by atoms with Crippen LogP contribution in [0.2, 0.25) is 0 Å². The predicted molar refractivity (Wildman–Crippen MR) is 43.5 cm³/mol. The number of methoxy groups -OCH3 is 1. The summed E-state index contributed by atoms with van der Waals surface area (Å²) in [5.74, 6) is -0.295. The van der Waals surface area contributed by atoms with Crippen LogP contribution in [0.3, 0.4) is 0 Å². The van der Waals surface area contributed by atoms with Gasteiger partial charge in [-0.2, -0.15) is 0 Å². The molecule has 0 bridgehead atoms. The third-order valence-corrected chi connectivity index (χ3v) is 2.15. The quantitative estimate of drug-likeness (QED) is 0.567. The van der Waals surface area contributed by atoms with Crippen molar-refractivity contribution in [2.45, 2.75) is 6.10 Å². The average molecular weight is 188 g/mol. The van der Waals surface area contributed by atoms with Crippen LogP contribution in [-0.4, -0.2) is 55.4 Å². The van der Waals surface area contributed by atoms with Gasteiger partial charge in [-0.1, -0.05) is 0 Å². The highest BCUT2D eigenvalue weighted by molar-refractivity contribution is 5.73. The zero-order valence-corrected chi connectivity index (χ0v) is 7.60. The minimum atomic E-state index is -0.821. The van der Waals surface area contributed by atoms with Gasteiger partial charge in [0.2, 0.25) is 0 Å². The Balaban J connectivity index is 2.15. The molecule has 0 aromatic carbocycles. The zero-order valence-electron chi connectivity index (χ0n) is 7.60. The van der Waals surface area contributed by atoms with E-state index in [-0.39, 0.29) is 11.9 Å². The number of hydrogen-bond acceptors (Lipinski definition) is 4. The van der Waals surface area contributed by atoms with Gasteiger partial charge in [0.1, 0.15) is 6.61 Å². The van der Waals surface area contributed by atoms with Gasteiger partial charge in [0, 0.05) is 19.6 Å². The number of esters is 1. The highest BCUT2D eigenvalue weighted by Crippen LogP contribution is 2.16. The fourth-order valence-electron chi connectivity index (χ4n) is 1.39. The Bertz CT molecular complexity index is 179. The number of β-amino-alcohol motifs (C(OH)–C–C–N with tert-alkyl or cyclic N) is 1. The first-order valence-electron chi connectivity index (χ1n) is 4.23. The highest BCUT2D eigenvalue weighted by Gasteiger charge is 2.33. The first-order valence-corrected chi connectivity index (χ1v) is 4.23. The number of rotatable bonds is 4. The van der Waals surface area contributed by atoms with Gasteiger partial charge in [-0.05, 0) is 0 Å². The van der Waals surface area contributed by atoms with Gasteiger partial charge in [-0.15, -0.1) is 0 Å². The molecule has 1 saturated heterocycles. The van der Waals surface area contributed by atoms with Crippen LogP contribution in [0.15, 0.2) is 0 Å². The van der Waals surface area contributed by atoms with E-state index in [9.17, 15) is 9.90 Å². The SMILES string of the molecule is COC(=O)C1CN(CC(O)C[O])C1. The summed E-state index contributed by atoms with van der Waals surface area (Å²) in [6.45, 7) is 1.05. The number of likely N-dealkylation sites (tertiary alicyclic amines) is 1. The van der Waals surface area contributed by atoms with E-state index in [1.165, 1.54) is 7.11 Å². The summed E-state index contributed by atoms with van der Waals surface area (Å²) >= 11 is 0. The summed E-state index contributed by atoms with van der Waals surface area (Å²) in [6, 6.07) is 0. The van der Waals surface area contributed by atoms with Crippen LogP contribution < -0.4 is 0 Å². The number of carbonyl (C=O) groups is 1. The number of nitrogens with zero attached hydrogens (tertiary/aromatic N) is 1. The molecule has 0 spiro atoms. The van der Waals surface area contributed by atoms with Crippen molar-refractivity contribution in [1.29, 1.82) is 0 Å². The molecule has 0 amide bonds. The topological polar surface area (TPSA) is 69.7 Å². The molecule has 0 aromatic heterocycles. The Kier molecular flexibility index (Phi) is 3.65. The van der Waals surface area contributed by atoms with Gasteiger partial charge in [0.15, 0.2) is 0 Å². The van der Waals surface area contributed by atoms with Crippen LogP contribution in [0.5, 0.6) is 0 Å². The van der Waals surface area contributed by atoms with Gasteiger partial charge in [-0.3, -0.25) is 9.69 Å². The van der Waals surface area contributed by atoms with Crippen molar-refractivity contribution >= 4 is 5.97 Å². The van der Waals surface area contributed by atoms with Crippen molar-refractivity contribution in [3.63, 3.8) is 0 Å². The number of aliphatic hydroxyl groups excluding tert-OH is 1. The highest BCUT2D eigenvalue weighted by atomic mass is 16.5. The lowest BCUT2D eigenvalue weighted by Crippen LogP contribution is -2.53. The van der Waals surface area contributed by atoms with Crippen LogP contribution in [-0.2, 0) is 14.6 Å². The van der Waals surface area contributed by atoms with Crippen LogP contribution >= 0.6 is 0 Å². The fourth-order valence-corrected chi connectivity index (χ4v) is 1.39. The Hall–Kier alpha value is -0.650. The molecule has 1 N–H and O–H groups in total. The lowest BCUT2D eigenvalue weighted by molar-refractivity contribution is -0.152. The van der Waals surface area contributed by atoms with Crippen LogP contribution in [0, 0.1) is 5.92 Å². The Labute approximate surface area is 76.9 Å². The maximum absolute atomic E-state index is 10.9. The van der Waals surface area contributed by atoms with E-state index < -0.39 is 12.7 Å². The summed E-state index contributed by atoms with van der Waals surface area (Å²) in [4.78, 5) is 12.8. The van der Waals surface area contributed by atoms with Crippen LogP contribution in [0.25, 0.3) is 0 Å². The van der Waals surface area contributed by atoms with Crippen molar-refractivity contribution in [2.24, 2.45) is 5.92 Å². The van der Waals surface area contributed by atoms with Crippen molar-refractivity contribution in [2.75, 3.05) is 33.4 Å². The average Bonchev–Trinajstić information content (AvgIpc) is 2.08. The molecule has 75 valence electrons. The lowest BCUT2D eigenvalue weighted by atomic mass is 10.00. The van der Waals surface area contributed by atoms with Gasteiger partial charge in [0.25, 0.3) is 0 Å². The molecule has 1 atom stereocenters. The van der Waals surface area contributed by atoms with Gasteiger partial charge in [-0.25, -0.2) is 5.11 Å². The largest absolute Gasteiger partial charge is 0.469 e. The van der Waals surface area contributed by atoms with Crippen LogP contribution in [0.4, 0.5) is 0 Å². The maximum atomic E-state index is 10.9. The lowest BCUT2D eigenvalue weighted by Gasteiger charge is -2.38.